The van der Waals surface area contributed by atoms with Crippen LogP contribution in [0.25, 0.3) is 0 Å². The Morgan fingerprint density at radius 2 is 2.26 bits per heavy atom. The quantitative estimate of drug-likeness (QED) is 0.824. The van der Waals surface area contributed by atoms with Crippen molar-refractivity contribution in [2.24, 2.45) is 0 Å². The van der Waals surface area contributed by atoms with Gasteiger partial charge >= 0.3 is 0 Å². The summed E-state index contributed by atoms with van der Waals surface area (Å²) in [6.45, 7) is 5.06. The molecule has 0 spiro atoms. The SMILES string of the molecule is CCn1ccnc1CC(O)CSc1cccc(C)c1. The molecule has 19 heavy (non-hydrogen) atoms. The minimum atomic E-state index is -0.363. The van der Waals surface area contributed by atoms with Gasteiger partial charge in [-0.25, -0.2) is 4.98 Å². The van der Waals surface area contributed by atoms with Crippen molar-refractivity contribution >= 4 is 11.8 Å². The Labute approximate surface area is 118 Å². The number of benzene rings is 1. The van der Waals surface area contributed by atoms with Gasteiger partial charge in [0, 0.05) is 36.0 Å². The highest BCUT2D eigenvalue weighted by molar-refractivity contribution is 7.99. The third kappa shape index (κ3) is 4.11. The van der Waals surface area contributed by atoms with Crippen LogP contribution in [0.3, 0.4) is 0 Å². The molecule has 1 N–H and O–H groups in total. The Hall–Kier alpha value is -1.26. The number of aliphatic hydroxyl groups is 1. The number of hydrogen-bond acceptors (Lipinski definition) is 3. The average molecular weight is 276 g/mol. The number of aryl methyl sites for hydroxylation is 2. The van der Waals surface area contributed by atoms with Crippen LogP contribution in [0.5, 0.6) is 0 Å². The van der Waals surface area contributed by atoms with Crippen molar-refractivity contribution in [1.29, 1.82) is 0 Å². The standard InChI is InChI=1S/C15H20N2OS/c1-3-17-8-7-16-15(17)10-13(18)11-19-14-6-4-5-12(2)9-14/h4-9,13,18H,3,10-11H2,1-2H3. The van der Waals surface area contributed by atoms with E-state index in [-0.39, 0.29) is 6.10 Å². The van der Waals surface area contributed by atoms with Gasteiger partial charge in [-0.2, -0.15) is 0 Å². The van der Waals surface area contributed by atoms with Crippen molar-refractivity contribution in [2.45, 2.75) is 37.8 Å². The Balaban J connectivity index is 1.86. The molecule has 0 amide bonds. The van der Waals surface area contributed by atoms with Crippen molar-refractivity contribution in [3.63, 3.8) is 0 Å². The average Bonchev–Trinajstić information content (AvgIpc) is 2.84. The maximum atomic E-state index is 10.1. The second-order valence-electron chi connectivity index (χ2n) is 4.61. The summed E-state index contributed by atoms with van der Waals surface area (Å²) >= 11 is 1.69. The maximum Gasteiger partial charge on any atom is 0.111 e. The first kappa shape index (κ1) is 14.2. The molecule has 1 atom stereocenters. The minimum absolute atomic E-state index is 0.363. The summed E-state index contributed by atoms with van der Waals surface area (Å²) in [6.07, 6.45) is 3.99. The third-order valence-corrected chi connectivity index (χ3v) is 4.13. The zero-order valence-corrected chi connectivity index (χ0v) is 12.2. The van der Waals surface area contributed by atoms with Crippen LogP contribution in [0.1, 0.15) is 18.3 Å². The normalized spacial score (nSPS) is 12.6. The topological polar surface area (TPSA) is 38.0 Å². The van der Waals surface area contributed by atoms with Crippen LogP contribution in [0, 0.1) is 6.92 Å². The van der Waals surface area contributed by atoms with Gasteiger partial charge in [0.05, 0.1) is 6.10 Å². The first-order valence-electron chi connectivity index (χ1n) is 6.56. The van der Waals surface area contributed by atoms with Crippen molar-refractivity contribution in [2.75, 3.05) is 5.75 Å². The van der Waals surface area contributed by atoms with Crippen LogP contribution in [-0.4, -0.2) is 26.5 Å². The molecule has 2 rings (SSSR count). The van der Waals surface area contributed by atoms with E-state index in [2.05, 4.69) is 41.6 Å². The van der Waals surface area contributed by atoms with E-state index in [0.29, 0.717) is 12.2 Å². The lowest BCUT2D eigenvalue weighted by Gasteiger charge is -2.11. The van der Waals surface area contributed by atoms with Gasteiger partial charge in [0.25, 0.3) is 0 Å². The van der Waals surface area contributed by atoms with E-state index in [0.717, 1.165) is 12.4 Å². The molecular weight excluding hydrogens is 256 g/mol. The van der Waals surface area contributed by atoms with Gasteiger partial charge in [-0.1, -0.05) is 17.7 Å². The van der Waals surface area contributed by atoms with Crippen molar-refractivity contribution in [1.82, 2.24) is 9.55 Å². The van der Waals surface area contributed by atoms with Gasteiger partial charge in [-0.3, -0.25) is 0 Å². The zero-order valence-electron chi connectivity index (χ0n) is 11.4. The number of aliphatic hydroxyl groups excluding tert-OH is 1. The number of thioether (sulfide) groups is 1. The van der Waals surface area contributed by atoms with Crippen molar-refractivity contribution < 1.29 is 5.11 Å². The first-order chi connectivity index (χ1) is 9.19. The van der Waals surface area contributed by atoms with Gasteiger partial charge in [0.15, 0.2) is 0 Å². The van der Waals surface area contributed by atoms with Crippen LogP contribution in [-0.2, 0) is 13.0 Å². The Kier molecular flexibility index (Phi) is 5.05. The van der Waals surface area contributed by atoms with Crippen LogP contribution in [0.4, 0.5) is 0 Å². The van der Waals surface area contributed by atoms with E-state index in [4.69, 9.17) is 0 Å². The first-order valence-corrected chi connectivity index (χ1v) is 7.55. The lowest BCUT2D eigenvalue weighted by molar-refractivity contribution is 0.196. The Morgan fingerprint density at radius 1 is 1.42 bits per heavy atom. The Morgan fingerprint density at radius 3 is 3.00 bits per heavy atom. The van der Waals surface area contributed by atoms with Gasteiger partial charge in [0.1, 0.15) is 5.82 Å². The third-order valence-electron chi connectivity index (χ3n) is 2.99. The molecule has 0 saturated carbocycles. The minimum Gasteiger partial charge on any atom is -0.392 e. The molecule has 2 aromatic rings. The number of rotatable bonds is 6. The van der Waals surface area contributed by atoms with Crippen LogP contribution >= 0.6 is 11.8 Å². The molecule has 1 aromatic carbocycles. The smallest absolute Gasteiger partial charge is 0.111 e. The summed E-state index contributed by atoms with van der Waals surface area (Å²) in [4.78, 5) is 5.50. The highest BCUT2D eigenvalue weighted by Crippen LogP contribution is 2.20. The number of imidazole rings is 1. The molecule has 1 aromatic heterocycles. The second kappa shape index (κ2) is 6.78. The molecule has 1 heterocycles. The van der Waals surface area contributed by atoms with E-state index >= 15 is 0 Å². The lowest BCUT2D eigenvalue weighted by Crippen LogP contribution is -2.16. The molecule has 0 aliphatic heterocycles. The molecule has 0 saturated heterocycles. The number of aromatic nitrogens is 2. The van der Waals surface area contributed by atoms with E-state index in [1.807, 2.05) is 12.3 Å². The van der Waals surface area contributed by atoms with Crippen LogP contribution < -0.4 is 0 Å². The van der Waals surface area contributed by atoms with Crippen molar-refractivity contribution in [3.05, 3.63) is 48.0 Å². The second-order valence-corrected chi connectivity index (χ2v) is 5.71. The molecule has 102 valence electrons. The molecule has 4 heteroatoms. The summed E-state index contributed by atoms with van der Waals surface area (Å²) in [5.41, 5.74) is 1.25. The summed E-state index contributed by atoms with van der Waals surface area (Å²) in [7, 11) is 0. The fourth-order valence-corrected chi connectivity index (χ4v) is 2.93. The van der Waals surface area contributed by atoms with Crippen LogP contribution in [0.2, 0.25) is 0 Å². The predicted molar refractivity (Wildman–Crippen MR) is 79.5 cm³/mol. The van der Waals surface area contributed by atoms with Crippen LogP contribution in [0.15, 0.2) is 41.6 Å². The highest BCUT2D eigenvalue weighted by Gasteiger charge is 2.10. The van der Waals surface area contributed by atoms with E-state index in [9.17, 15) is 5.11 Å². The monoisotopic (exact) mass is 276 g/mol. The summed E-state index contributed by atoms with van der Waals surface area (Å²) in [5, 5.41) is 10.1. The maximum absolute atomic E-state index is 10.1. The Bertz CT molecular complexity index is 524. The summed E-state index contributed by atoms with van der Waals surface area (Å²) in [6, 6.07) is 8.36. The number of nitrogens with zero attached hydrogens (tertiary/aromatic N) is 2. The zero-order chi connectivity index (χ0) is 13.7. The molecule has 0 aliphatic rings. The molecule has 0 radical (unpaired) electrons. The molecule has 0 aliphatic carbocycles. The predicted octanol–water partition coefficient (Wildman–Crippen LogP) is 2.91. The molecular formula is C15H20N2OS. The van der Waals surface area contributed by atoms with Gasteiger partial charge in [-0.15, -0.1) is 11.8 Å². The largest absolute Gasteiger partial charge is 0.392 e. The molecule has 1 unspecified atom stereocenters. The van der Waals surface area contributed by atoms with E-state index in [1.54, 1.807) is 18.0 Å². The van der Waals surface area contributed by atoms with Gasteiger partial charge < -0.3 is 9.67 Å². The molecule has 0 bridgehead atoms. The van der Waals surface area contributed by atoms with Gasteiger partial charge in [0.2, 0.25) is 0 Å². The van der Waals surface area contributed by atoms with E-state index < -0.39 is 0 Å². The number of hydrogen-bond donors (Lipinski definition) is 1. The molecule has 0 fully saturated rings. The lowest BCUT2D eigenvalue weighted by atomic mass is 10.2. The highest BCUT2D eigenvalue weighted by atomic mass is 32.2. The fourth-order valence-electron chi connectivity index (χ4n) is 1.99. The fraction of sp³-hybridized carbons (Fsp3) is 0.400. The van der Waals surface area contributed by atoms with Crippen molar-refractivity contribution in [3.8, 4) is 0 Å². The molecule has 3 nitrogen and oxygen atoms in total. The summed E-state index contributed by atoms with van der Waals surface area (Å²) < 4.78 is 2.07. The van der Waals surface area contributed by atoms with Gasteiger partial charge in [-0.05, 0) is 26.0 Å². The summed E-state index contributed by atoms with van der Waals surface area (Å²) in [5.74, 6) is 1.65. The van der Waals surface area contributed by atoms with E-state index in [1.165, 1.54) is 10.5 Å².